The molecule has 0 aliphatic heterocycles. The van der Waals surface area contributed by atoms with Crippen molar-refractivity contribution in [2.75, 3.05) is 0 Å². The number of aromatic nitrogens is 3. The first-order valence-electron chi connectivity index (χ1n) is 19.2. The molecule has 3 heterocycles. The van der Waals surface area contributed by atoms with Crippen molar-refractivity contribution >= 4 is 43.6 Å². The lowest BCUT2D eigenvalue weighted by Gasteiger charge is -2.12. The van der Waals surface area contributed by atoms with Crippen LogP contribution in [-0.2, 0) is 0 Å². The van der Waals surface area contributed by atoms with E-state index in [9.17, 15) is 0 Å². The average molecular weight is 728 g/mol. The lowest BCUT2D eigenvalue weighted by molar-refractivity contribution is 0.669. The highest BCUT2D eigenvalue weighted by Crippen LogP contribution is 2.41. The van der Waals surface area contributed by atoms with E-state index in [-0.39, 0.29) is 0 Å². The highest BCUT2D eigenvalue weighted by Gasteiger charge is 2.19. The van der Waals surface area contributed by atoms with Gasteiger partial charge in [-0.2, -0.15) is 0 Å². The molecule has 0 unspecified atom stereocenters. The monoisotopic (exact) mass is 727 g/mol. The molecule has 0 saturated carbocycles. The second-order valence-corrected chi connectivity index (χ2v) is 14.4. The van der Waals surface area contributed by atoms with Gasteiger partial charge < -0.3 is 4.42 Å². The second-order valence-electron chi connectivity index (χ2n) is 14.4. The molecule has 0 aliphatic carbocycles. The summed E-state index contributed by atoms with van der Waals surface area (Å²) >= 11 is 0. The van der Waals surface area contributed by atoms with Gasteiger partial charge in [-0.1, -0.05) is 176 Å². The molecule has 0 saturated heterocycles. The summed E-state index contributed by atoms with van der Waals surface area (Å²) in [5, 5.41) is 5.58. The molecule has 3 aromatic heterocycles. The fourth-order valence-electron chi connectivity index (χ4n) is 7.94. The number of benzene rings is 8. The molecule has 11 aromatic rings. The molecule has 8 aromatic carbocycles. The summed E-state index contributed by atoms with van der Waals surface area (Å²) in [7, 11) is 0. The number of hydrogen-bond donors (Lipinski definition) is 0. The molecule has 0 atom stereocenters. The molecular formula is C53H33N3O. The Labute approximate surface area is 329 Å². The van der Waals surface area contributed by atoms with Gasteiger partial charge in [-0.15, -0.1) is 0 Å². The fraction of sp³-hybridized carbons (Fsp3) is 0. The molecule has 0 radical (unpaired) electrons. The van der Waals surface area contributed by atoms with Crippen molar-refractivity contribution in [1.29, 1.82) is 0 Å². The zero-order valence-corrected chi connectivity index (χ0v) is 30.8. The maximum absolute atomic E-state index is 6.59. The number of fused-ring (bicyclic) bond motifs is 6. The van der Waals surface area contributed by atoms with Crippen LogP contribution in [0.15, 0.2) is 205 Å². The summed E-state index contributed by atoms with van der Waals surface area (Å²) in [6.07, 6.45) is 0. The van der Waals surface area contributed by atoms with E-state index in [0.717, 1.165) is 88.7 Å². The van der Waals surface area contributed by atoms with Crippen LogP contribution in [0.4, 0.5) is 0 Å². The van der Waals surface area contributed by atoms with Crippen molar-refractivity contribution in [3.63, 3.8) is 0 Å². The standard InChI is InChI=1S/C53H33N3O/c1-3-11-34(12-4-1)36-19-23-38(24-20-36)46-33-47(39-25-21-37(22-26-39)35-13-5-2-6-14-35)56-53(55-46)41-29-27-40(28-30-41)51-52-50(44-17-9-10-18-49(44)57-52)45-31-42-15-7-8-16-43(42)32-48(45)54-51/h1-33H. The predicted molar refractivity (Wildman–Crippen MR) is 235 cm³/mol. The molecule has 4 heteroatoms. The predicted octanol–water partition coefficient (Wildman–Crippen LogP) is 14.1. The highest BCUT2D eigenvalue weighted by atomic mass is 16.3. The summed E-state index contributed by atoms with van der Waals surface area (Å²) in [5.74, 6) is 0.653. The van der Waals surface area contributed by atoms with Gasteiger partial charge in [0.15, 0.2) is 11.4 Å². The van der Waals surface area contributed by atoms with Gasteiger partial charge in [-0.25, -0.2) is 15.0 Å². The minimum Gasteiger partial charge on any atom is -0.454 e. The van der Waals surface area contributed by atoms with Gasteiger partial charge in [0.25, 0.3) is 0 Å². The molecular weight excluding hydrogens is 695 g/mol. The third kappa shape index (κ3) is 5.92. The summed E-state index contributed by atoms with van der Waals surface area (Å²) in [6, 6.07) is 69.7. The number of para-hydroxylation sites is 1. The molecule has 0 amide bonds. The zero-order chi connectivity index (χ0) is 37.7. The van der Waals surface area contributed by atoms with Crippen molar-refractivity contribution in [2.24, 2.45) is 0 Å². The molecule has 0 fully saturated rings. The molecule has 0 aliphatic rings. The number of furan rings is 1. The molecule has 0 N–H and O–H groups in total. The topological polar surface area (TPSA) is 51.8 Å². The number of hydrogen-bond acceptors (Lipinski definition) is 4. The van der Waals surface area contributed by atoms with Gasteiger partial charge in [0.2, 0.25) is 0 Å². The van der Waals surface area contributed by atoms with Crippen LogP contribution >= 0.6 is 0 Å². The van der Waals surface area contributed by atoms with Crippen LogP contribution in [0.5, 0.6) is 0 Å². The van der Waals surface area contributed by atoms with Crippen LogP contribution in [0.2, 0.25) is 0 Å². The summed E-state index contributed by atoms with van der Waals surface area (Å²) in [5.41, 5.74) is 13.7. The van der Waals surface area contributed by atoms with Crippen LogP contribution in [0.25, 0.3) is 111 Å². The minimum absolute atomic E-state index is 0.653. The van der Waals surface area contributed by atoms with E-state index in [0.29, 0.717) is 5.82 Å². The fourth-order valence-corrected chi connectivity index (χ4v) is 7.94. The van der Waals surface area contributed by atoms with Crippen LogP contribution < -0.4 is 0 Å². The maximum Gasteiger partial charge on any atom is 0.162 e. The number of nitrogens with zero attached hydrogens (tertiary/aromatic N) is 3. The Balaban J connectivity index is 1.03. The van der Waals surface area contributed by atoms with Crippen LogP contribution in [0.3, 0.4) is 0 Å². The van der Waals surface area contributed by atoms with Gasteiger partial charge >= 0.3 is 0 Å². The Bertz CT molecular complexity index is 3140. The summed E-state index contributed by atoms with van der Waals surface area (Å²) in [4.78, 5) is 15.6. The van der Waals surface area contributed by atoms with Gasteiger partial charge in [0.05, 0.1) is 16.9 Å². The molecule has 4 nitrogen and oxygen atoms in total. The van der Waals surface area contributed by atoms with Crippen LogP contribution in [-0.4, -0.2) is 15.0 Å². The Kier molecular flexibility index (Phi) is 7.78. The van der Waals surface area contributed by atoms with Gasteiger partial charge in [0.1, 0.15) is 11.3 Å². The van der Waals surface area contributed by atoms with E-state index in [4.69, 9.17) is 19.4 Å². The van der Waals surface area contributed by atoms with E-state index in [2.05, 4.69) is 176 Å². The second kappa shape index (κ2) is 13.6. The zero-order valence-electron chi connectivity index (χ0n) is 30.8. The van der Waals surface area contributed by atoms with Crippen molar-refractivity contribution in [1.82, 2.24) is 15.0 Å². The lowest BCUT2D eigenvalue weighted by atomic mass is 9.99. The Hall–Kier alpha value is -7.69. The maximum atomic E-state index is 6.59. The quantitative estimate of drug-likeness (QED) is 0.160. The Morgan fingerprint density at radius 3 is 1.42 bits per heavy atom. The van der Waals surface area contributed by atoms with Crippen LogP contribution in [0, 0.1) is 0 Å². The van der Waals surface area contributed by atoms with Crippen LogP contribution in [0.1, 0.15) is 0 Å². The van der Waals surface area contributed by atoms with Gasteiger partial charge in [-0.05, 0) is 57.3 Å². The largest absolute Gasteiger partial charge is 0.454 e. The first kappa shape index (κ1) is 32.7. The third-order valence-corrected chi connectivity index (χ3v) is 10.9. The molecule has 11 rings (SSSR count). The number of rotatable bonds is 6. The molecule has 0 spiro atoms. The highest BCUT2D eigenvalue weighted by molar-refractivity contribution is 6.22. The first-order valence-corrected chi connectivity index (χ1v) is 19.2. The van der Waals surface area contributed by atoms with Crippen molar-refractivity contribution < 1.29 is 4.42 Å². The number of pyridine rings is 1. The van der Waals surface area contributed by atoms with Crippen molar-refractivity contribution in [2.45, 2.75) is 0 Å². The van der Waals surface area contributed by atoms with Crippen molar-refractivity contribution in [3.05, 3.63) is 200 Å². The van der Waals surface area contributed by atoms with E-state index in [1.54, 1.807) is 0 Å². The van der Waals surface area contributed by atoms with E-state index in [1.165, 1.54) is 16.5 Å². The van der Waals surface area contributed by atoms with E-state index >= 15 is 0 Å². The normalized spacial score (nSPS) is 11.5. The smallest absolute Gasteiger partial charge is 0.162 e. The first-order chi connectivity index (χ1) is 28.2. The minimum atomic E-state index is 0.653. The van der Waals surface area contributed by atoms with Crippen molar-refractivity contribution in [3.8, 4) is 67.4 Å². The van der Waals surface area contributed by atoms with E-state index < -0.39 is 0 Å². The average Bonchev–Trinajstić information content (AvgIpc) is 3.69. The SMILES string of the molecule is c1ccc(-c2ccc(-c3cc(-c4ccc(-c5ccccc5)cc4)nc(-c4ccc(-c5nc6cc7ccccc7cc6c6c5oc5ccccc56)cc4)n3)cc2)cc1. The lowest BCUT2D eigenvalue weighted by Crippen LogP contribution is -1.96. The molecule has 0 bridgehead atoms. The van der Waals surface area contributed by atoms with Gasteiger partial charge in [0, 0.05) is 38.4 Å². The molecule has 266 valence electrons. The Morgan fingerprint density at radius 1 is 0.333 bits per heavy atom. The summed E-state index contributed by atoms with van der Waals surface area (Å²) < 4.78 is 6.59. The molecule has 57 heavy (non-hydrogen) atoms. The van der Waals surface area contributed by atoms with E-state index in [1.807, 2.05) is 24.3 Å². The summed E-state index contributed by atoms with van der Waals surface area (Å²) in [6.45, 7) is 0. The third-order valence-electron chi connectivity index (χ3n) is 10.9. The van der Waals surface area contributed by atoms with Gasteiger partial charge in [-0.3, -0.25) is 0 Å². The Morgan fingerprint density at radius 2 is 0.807 bits per heavy atom.